The van der Waals surface area contributed by atoms with E-state index in [1.165, 1.54) is 6.21 Å². The van der Waals surface area contributed by atoms with Crippen LogP contribution in [0, 0.1) is 0 Å². The highest BCUT2D eigenvalue weighted by Gasteiger charge is 2.09. The summed E-state index contributed by atoms with van der Waals surface area (Å²) >= 11 is 15.4. The van der Waals surface area contributed by atoms with Crippen molar-refractivity contribution in [3.05, 3.63) is 80.4 Å². The topological polar surface area (TPSA) is 54.6 Å². The number of nitrogens with one attached hydrogen (secondary N) is 1. The van der Waals surface area contributed by atoms with E-state index in [2.05, 4.69) is 26.5 Å². The summed E-state index contributed by atoms with van der Waals surface area (Å²) in [5.41, 5.74) is 3.67. The minimum atomic E-state index is -0.323. The van der Waals surface area contributed by atoms with Crippen LogP contribution in [0.1, 0.15) is 16.1 Å². The summed E-state index contributed by atoms with van der Waals surface area (Å²) in [7, 11) is 0. The monoisotopic (exact) mass is 436 g/mol. The van der Waals surface area contributed by atoms with E-state index in [4.69, 9.17) is 27.6 Å². The molecule has 0 saturated heterocycles. The first-order valence-electron chi connectivity index (χ1n) is 7.18. The first-order chi connectivity index (χ1) is 12.0. The number of nitrogens with zero attached hydrogens (tertiary/aromatic N) is 1. The molecule has 0 radical (unpaired) electrons. The van der Waals surface area contributed by atoms with E-state index in [1.807, 2.05) is 6.07 Å². The summed E-state index contributed by atoms with van der Waals surface area (Å²) in [6.45, 7) is 0. The number of hydrazone groups is 1. The first kappa shape index (κ1) is 17.7. The molecule has 1 aromatic heterocycles. The molecule has 1 heterocycles. The van der Waals surface area contributed by atoms with E-state index >= 15 is 0 Å². The summed E-state index contributed by atoms with van der Waals surface area (Å²) in [4.78, 5) is 12.0. The number of halogens is 3. The van der Waals surface area contributed by atoms with E-state index in [-0.39, 0.29) is 5.91 Å². The van der Waals surface area contributed by atoms with Crippen LogP contribution in [0.5, 0.6) is 0 Å². The van der Waals surface area contributed by atoms with E-state index in [1.54, 1.807) is 48.5 Å². The molecule has 0 aliphatic carbocycles. The summed E-state index contributed by atoms with van der Waals surface area (Å²) in [5.74, 6) is 0.741. The van der Waals surface area contributed by atoms with Crippen molar-refractivity contribution < 1.29 is 9.21 Å². The van der Waals surface area contributed by atoms with Gasteiger partial charge in [0, 0.05) is 15.1 Å². The molecule has 0 bridgehead atoms. The molecule has 0 unspecified atom stereocenters. The zero-order chi connectivity index (χ0) is 17.8. The quantitative estimate of drug-likeness (QED) is 0.415. The number of furan rings is 1. The molecule has 25 heavy (non-hydrogen) atoms. The summed E-state index contributed by atoms with van der Waals surface area (Å²) < 4.78 is 6.36. The molecule has 0 atom stereocenters. The summed E-state index contributed by atoms with van der Waals surface area (Å²) in [5, 5.41) is 4.96. The number of hydrogen-bond acceptors (Lipinski definition) is 3. The van der Waals surface area contributed by atoms with Crippen LogP contribution in [0.25, 0.3) is 11.3 Å². The summed E-state index contributed by atoms with van der Waals surface area (Å²) in [6.07, 6.45) is 1.42. The first-order valence-corrected chi connectivity index (χ1v) is 8.72. The second-order valence-electron chi connectivity index (χ2n) is 5.01. The van der Waals surface area contributed by atoms with Gasteiger partial charge >= 0.3 is 0 Å². The highest BCUT2D eigenvalue weighted by Crippen LogP contribution is 2.31. The van der Waals surface area contributed by atoms with Crippen molar-refractivity contribution in [2.75, 3.05) is 0 Å². The van der Waals surface area contributed by atoms with Crippen molar-refractivity contribution in [1.82, 2.24) is 5.43 Å². The minimum Gasteiger partial charge on any atom is -0.455 e. The number of carbonyl (C=O) groups excluding carboxylic acids is 1. The molecule has 4 nitrogen and oxygen atoms in total. The van der Waals surface area contributed by atoms with Crippen LogP contribution in [-0.2, 0) is 0 Å². The fraction of sp³-hybridized carbons (Fsp3) is 0. The van der Waals surface area contributed by atoms with Crippen molar-refractivity contribution in [2.24, 2.45) is 5.10 Å². The molecular weight excluding hydrogens is 427 g/mol. The Bertz CT molecular complexity index is 954. The lowest BCUT2D eigenvalue weighted by molar-refractivity contribution is 0.0954. The molecule has 1 amide bonds. The molecule has 3 aromatic rings. The smallest absolute Gasteiger partial charge is 0.272 e. The van der Waals surface area contributed by atoms with Gasteiger partial charge in [-0.15, -0.1) is 0 Å². The van der Waals surface area contributed by atoms with Crippen molar-refractivity contribution in [3.8, 4) is 11.3 Å². The van der Waals surface area contributed by atoms with Crippen LogP contribution in [-0.4, -0.2) is 12.1 Å². The lowest BCUT2D eigenvalue weighted by Gasteiger charge is -2.01. The zero-order valence-electron chi connectivity index (χ0n) is 12.7. The van der Waals surface area contributed by atoms with Gasteiger partial charge in [0.2, 0.25) is 0 Å². The van der Waals surface area contributed by atoms with Crippen molar-refractivity contribution in [3.63, 3.8) is 0 Å². The Morgan fingerprint density at radius 3 is 2.68 bits per heavy atom. The standard InChI is InChI=1S/C18H11BrCl2N2O2/c19-15-4-2-1-3-13(15)18(24)23-22-10-12-6-8-17(25-12)14-7-5-11(20)9-16(14)21/h1-10H,(H,23,24)/b22-10-. The number of hydrogen-bond donors (Lipinski definition) is 1. The van der Waals surface area contributed by atoms with Gasteiger partial charge in [0.25, 0.3) is 5.91 Å². The fourth-order valence-corrected chi connectivity index (χ4v) is 3.08. The Morgan fingerprint density at radius 1 is 1.12 bits per heavy atom. The van der Waals surface area contributed by atoms with Crippen LogP contribution in [0.15, 0.2) is 68.6 Å². The van der Waals surface area contributed by atoms with Gasteiger partial charge in [0.15, 0.2) is 0 Å². The third kappa shape index (κ3) is 4.31. The van der Waals surface area contributed by atoms with Gasteiger partial charge in [0.1, 0.15) is 11.5 Å². The van der Waals surface area contributed by atoms with Gasteiger partial charge < -0.3 is 4.42 Å². The van der Waals surface area contributed by atoms with Crippen LogP contribution >= 0.6 is 39.1 Å². The van der Waals surface area contributed by atoms with Crippen molar-refractivity contribution in [1.29, 1.82) is 0 Å². The zero-order valence-corrected chi connectivity index (χ0v) is 15.8. The predicted molar refractivity (Wildman–Crippen MR) is 103 cm³/mol. The molecule has 7 heteroatoms. The Labute approximate surface area is 162 Å². The van der Waals surface area contributed by atoms with Gasteiger partial charge in [-0.3, -0.25) is 4.79 Å². The second-order valence-corrected chi connectivity index (χ2v) is 6.70. The van der Waals surface area contributed by atoms with Crippen molar-refractivity contribution >= 4 is 51.3 Å². The van der Waals surface area contributed by atoms with Gasteiger partial charge in [-0.2, -0.15) is 5.10 Å². The van der Waals surface area contributed by atoms with Crippen LogP contribution in [0.4, 0.5) is 0 Å². The SMILES string of the molecule is O=C(N/N=C\c1ccc(-c2ccc(Cl)cc2Cl)o1)c1ccccc1Br. The number of carbonyl (C=O) groups is 1. The maximum atomic E-state index is 12.0. The minimum absolute atomic E-state index is 0.323. The number of rotatable bonds is 4. The largest absolute Gasteiger partial charge is 0.455 e. The molecule has 3 rings (SSSR count). The maximum Gasteiger partial charge on any atom is 0.272 e. The molecule has 0 aliphatic heterocycles. The highest BCUT2D eigenvalue weighted by atomic mass is 79.9. The summed E-state index contributed by atoms with van der Waals surface area (Å²) in [6, 6.07) is 15.7. The molecule has 0 fully saturated rings. The fourth-order valence-electron chi connectivity index (χ4n) is 2.12. The van der Waals surface area contributed by atoms with Crippen LogP contribution in [0.3, 0.4) is 0 Å². The average Bonchev–Trinajstić information content (AvgIpc) is 3.03. The normalized spacial score (nSPS) is 11.0. The predicted octanol–water partition coefficient (Wildman–Crippen LogP) is 5.78. The molecular formula is C18H11BrCl2N2O2. The maximum absolute atomic E-state index is 12.0. The molecule has 0 spiro atoms. The molecule has 126 valence electrons. The Morgan fingerprint density at radius 2 is 1.92 bits per heavy atom. The number of benzene rings is 2. The average molecular weight is 438 g/mol. The molecule has 2 aromatic carbocycles. The second kappa shape index (κ2) is 7.87. The van der Waals surface area contributed by atoms with E-state index < -0.39 is 0 Å². The Kier molecular flexibility index (Phi) is 5.58. The van der Waals surface area contributed by atoms with Gasteiger partial charge in [-0.1, -0.05) is 35.3 Å². The van der Waals surface area contributed by atoms with E-state index in [0.29, 0.717) is 31.6 Å². The third-order valence-corrected chi connectivity index (χ3v) is 4.54. The third-order valence-electron chi connectivity index (χ3n) is 3.30. The lowest BCUT2D eigenvalue weighted by Crippen LogP contribution is -2.17. The van der Waals surface area contributed by atoms with Crippen molar-refractivity contribution in [2.45, 2.75) is 0 Å². The molecule has 0 saturated carbocycles. The molecule has 1 N–H and O–H groups in total. The van der Waals surface area contributed by atoms with E-state index in [0.717, 1.165) is 5.56 Å². The number of amides is 1. The van der Waals surface area contributed by atoms with E-state index in [9.17, 15) is 4.79 Å². The molecule has 0 aliphatic rings. The highest BCUT2D eigenvalue weighted by molar-refractivity contribution is 9.10. The lowest BCUT2D eigenvalue weighted by atomic mass is 10.2. The Balaban J connectivity index is 1.70. The van der Waals surface area contributed by atoms with Gasteiger partial charge in [-0.05, 0) is 58.4 Å². The van der Waals surface area contributed by atoms with Gasteiger partial charge in [-0.25, -0.2) is 5.43 Å². The van der Waals surface area contributed by atoms with Gasteiger partial charge in [0.05, 0.1) is 16.8 Å². The Hall–Kier alpha value is -2.08. The van der Waals surface area contributed by atoms with Crippen LogP contribution < -0.4 is 5.43 Å². The van der Waals surface area contributed by atoms with Crippen LogP contribution in [0.2, 0.25) is 10.0 Å².